The van der Waals surface area contributed by atoms with E-state index in [1.54, 1.807) is 19.6 Å². The summed E-state index contributed by atoms with van der Waals surface area (Å²) >= 11 is 1.35. The summed E-state index contributed by atoms with van der Waals surface area (Å²) < 4.78 is 10.0. The molecule has 1 aliphatic heterocycles. The van der Waals surface area contributed by atoms with Gasteiger partial charge in [0.05, 0.1) is 24.9 Å². The van der Waals surface area contributed by atoms with Crippen LogP contribution in [0.4, 0.5) is 0 Å². The highest BCUT2D eigenvalue weighted by Crippen LogP contribution is 2.32. The number of aromatic nitrogens is 1. The Bertz CT molecular complexity index is 348. The Labute approximate surface area is 85.8 Å². The fourth-order valence-corrected chi connectivity index (χ4v) is 2.03. The van der Waals surface area contributed by atoms with E-state index in [4.69, 9.17) is 9.47 Å². The van der Waals surface area contributed by atoms with Crippen LogP contribution in [0.1, 0.15) is 17.4 Å². The van der Waals surface area contributed by atoms with Crippen molar-refractivity contribution in [2.75, 3.05) is 13.7 Å². The molecule has 0 aliphatic carbocycles. The number of aliphatic hydroxyl groups is 1. The molecule has 1 aliphatic rings. The fraction of sp³-hybridized carbons (Fsp3) is 0.444. The van der Waals surface area contributed by atoms with Crippen molar-refractivity contribution < 1.29 is 14.6 Å². The second-order valence-corrected chi connectivity index (χ2v) is 3.97. The van der Waals surface area contributed by atoms with E-state index < -0.39 is 6.10 Å². The normalized spacial score (nSPS) is 17.4. The Hall–Kier alpha value is -1.07. The lowest BCUT2D eigenvalue weighted by Crippen LogP contribution is -1.97. The van der Waals surface area contributed by atoms with Crippen molar-refractivity contribution in [1.29, 1.82) is 0 Å². The second kappa shape index (κ2) is 3.98. The molecule has 76 valence electrons. The number of hydrogen-bond donors (Lipinski definition) is 1. The van der Waals surface area contributed by atoms with E-state index >= 15 is 0 Å². The zero-order valence-corrected chi connectivity index (χ0v) is 8.58. The Morgan fingerprint density at radius 3 is 3.14 bits per heavy atom. The minimum Gasteiger partial charge on any atom is -0.501 e. The minimum atomic E-state index is -0.598. The van der Waals surface area contributed by atoms with Gasteiger partial charge in [-0.25, -0.2) is 4.98 Å². The van der Waals surface area contributed by atoms with Crippen LogP contribution in [0.25, 0.3) is 0 Å². The van der Waals surface area contributed by atoms with Gasteiger partial charge in [0.2, 0.25) is 0 Å². The summed E-state index contributed by atoms with van der Waals surface area (Å²) in [6.07, 6.45) is 3.44. The van der Waals surface area contributed by atoms with E-state index in [-0.39, 0.29) is 0 Å². The Balaban J connectivity index is 2.13. The van der Waals surface area contributed by atoms with E-state index in [0.29, 0.717) is 11.8 Å². The highest BCUT2D eigenvalue weighted by atomic mass is 32.1. The van der Waals surface area contributed by atoms with E-state index in [9.17, 15) is 5.11 Å². The summed E-state index contributed by atoms with van der Waals surface area (Å²) in [6.45, 7) is 0.655. The van der Waals surface area contributed by atoms with Crippen molar-refractivity contribution in [3.05, 3.63) is 22.9 Å². The largest absolute Gasteiger partial charge is 0.501 e. The monoisotopic (exact) mass is 213 g/mol. The maximum absolute atomic E-state index is 9.90. The summed E-state index contributed by atoms with van der Waals surface area (Å²) in [5.74, 6) is 0. The molecule has 0 saturated heterocycles. The van der Waals surface area contributed by atoms with E-state index in [2.05, 4.69) is 4.98 Å². The SMILES string of the molecule is COc1ncc(C(O)C2=COCC2)s1. The van der Waals surface area contributed by atoms with Crippen molar-refractivity contribution in [2.24, 2.45) is 0 Å². The standard InChI is InChI=1S/C9H11NO3S/c1-12-9-10-4-7(14-9)8(11)6-2-3-13-5-6/h4-5,8,11H,2-3H2,1H3. The third kappa shape index (κ3) is 1.73. The highest BCUT2D eigenvalue weighted by Gasteiger charge is 2.19. The van der Waals surface area contributed by atoms with Crippen LogP contribution in [-0.4, -0.2) is 23.8 Å². The van der Waals surface area contributed by atoms with Gasteiger partial charge in [-0.2, -0.15) is 0 Å². The van der Waals surface area contributed by atoms with Gasteiger partial charge in [0.25, 0.3) is 5.19 Å². The van der Waals surface area contributed by atoms with Crippen LogP contribution in [0.15, 0.2) is 18.0 Å². The molecule has 0 spiro atoms. The van der Waals surface area contributed by atoms with Gasteiger partial charge in [-0.05, 0) is 0 Å². The van der Waals surface area contributed by atoms with Crippen LogP contribution in [0.3, 0.4) is 0 Å². The average Bonchev–Trinajstić information content (AvgIpc) is 2.88. The molecule has 0 saturated carbocycles. The van der Waals surface area contributed by atoms with Crippen LogP contribution >= 0.6 is 11.3 Å². The van der Waals surface area contributed by atoms with Crippen molar-refractivity contribution in [2.45, 2.75) is 12.5 Å². The molecule has 4 nitrogen and oxygen atoms in total. The molecule has 0 amide bonds. The van der Waals surface area contributed by atoms with Gasteiger partial charge in [0.15, 0.2) is 0 Å². The molecule has 2 heterocycles. The lowest BCUT2D eigenvalue weighted by molar-refractivity contribution is 0.216. The zero-order chi connectivity index (χ0) is 9.97. The van der Waals surface area contributed by atoms with E-state index in [1.807, 2.05) is 0 Å². The van der Waals surface area contributed by atoms with Gasteiger partial charge in [0, 0.05) is 18.2 Å². The predicted molar refractivity (Wildman–Crippen MR) is 52.3 cm³/mol. The van der Waals surface area contributed by atoms with Gasteiger partial charge in [0.1, 0.15) is 6.10 Å². The lowest BCUT2D eigenvalue weighted by atomic mass is 10.1. The molecule has 1 aromatic heterocycles. The number of thiazole rings is 1. The van der Waals surface area contributed by atoms with Crippen LogP contribution in [0, 0.1) is 0 Å². The van der Waals surface area contributed by atoms with Crippen LogP contribution < -0.4 is 4.74 Å². The number of methoxy groups -OCH3 is 1. The Morgan fingerprint density at radius 1 is 1.71 bits per heavy atom. The molecular formula is C9H11NO3S. The predicted octanol–water partition coefficient (Wildman–Crippen LogP) is 1.49. The van der Waals surface area contributed by atoms with Crippen molar-refractivity contribution >= 4 is 11.3 Å². The zero-order valence-electron chi connectivity index (χ0n) is 7.77. The molecule has 5 heteroatoms. The van der Waals surface area contributed by atoms with Gasteiger partial charge >= 0.3 is 0 Å². The van der Waals surface area contributed by atoms with Crippen molar-refractivity contribution in [1.82, 2.24) is 4.98 Å². The first-order valence-corrected chi connectivity index (χ1v) is 5.11. The van der Waals surface area contributed by atoms with Crippen molar-refractivity contribution in [3.63, 3.8) is 0 Å². The molecule has 1 N–H and O–H groups in total. The second-order valence-electron chi connectivity index (χ2n) is 2.95. The van der Waals surface area contributed by atoms with Crippen LogP contribution in [0.2, 0.25) is 0 Å². The molecule has 0 bridgehead atoms. The highest BCUT2D eigenvalue weighted by molar-refractivity contribution is 7.13. The van der Waals surface area contributed by atoms with Crippen molar-refractivity contribution in [3.8, 4) is 5.19 Å². The molecule has 1 aromatic rings. The summed E-state index contributed by atoms with van der Waals surface area (Å²) in [7, 11) is 1.56. The molecule has 1 unspecified atom stereocenters. The molecule has 0 radical (unpaired) electrons. The van der Waals surface area contributed by atoms with E-state index in [0.717, 1.165) is 16.9 Å². The third-order valence-electron chi connectivity index (χ3n) is 2.04. The smallest absolute Gasteiger partial charge is 0.273 e. The average molecular weight is 213 g/mol. The molecule has 2 rings (SSSR count). The fourth-order valence-electron chi connectivity index (χ4n) is 1.28. The number of rotatable bonds is 3. The topological polar surface area (TPSA) is 51.6 Å². The summed E-state index contributed by atoms with van der Waals surface area (Å²) in [4.78, 5) is 4.79. The van der Waals surface area contributed by atoms with Crippen LogP contribution in [0.5, 0.6) is 5.19 Å². The summed E-state index contributed by atoms with van der Waals surface area (Å²) in [5, 5.41) is 10.5. The van der Waals surface area contributed by atoms with Gasteiger partial charge in [-0.1, -0.05) is 11.3 Å². The maximum atomic E-state index is 9.90. The molecular weight excluding hydrogens is 202 g/mol. The quantitative estimate of drug-likeness (QED) is 0.826. The maximum Gasteiger partial charge on any atom is 0.273 e. The first-order chi connectivity index (χ1) is 6.81. The third-order valence-corrected chi connectivity index (χ3v) is 3.05. The van der Waals surface area contributed by atoms with Gasteiger partial charge in [-0.15, -0.1) is 0 Å². The Morgan fingerprint density at radius 2 is 2.57 bits per heavy atom. The number of nitrogens with zero attached hydrogens (tertiary/aromatic N) is 1. The number of aliphatic hydroxyl groups excluding tert-OH is 1. The minimum absolute atomic E-state index is 0.568. The molecule has 0 aromatic carbocycles. The number of ether oxygens (including phenoxy) is 2. The summed E-state index contributed by atoms with van der Waals surface area (Å²) in [6, 6.07) is 0. The molecule has 0 fully saturated rings. The molecule has 1 atom stereocenters. The number of hydrogen-bond acceptors (Lipinski definition) is 5. The molecule has 14 heavy (non-hydrogen) atoms. The van der Waals surface area contributed by atoms with E-state index in [1.165, 1.54) is 11.3 Å². The first kappa shape index (κ1) is 9.48. The summed E-state index contributed by atoms with van der Waals surface area (Å²) in [5.41, 5.74) is 0.899. The Kier molecular flexibility index (Phi) is 2.69. The van der Waals surface area contributed by atoms with Gasteiger partial charge in [-0.3, -0.25) is 0 Å². The lowest BCUT2D eigenvalue weighted by Gasteiger charge is -2.06. The van der Waals surface area contributed by atoms with Gasteiger partial charge < -0.3 is 14.6 Å². The van der Waals surface area contributed by atoms with Crippen LogP contribution in [-0.2, 0) is 4.74 Å². The first-order valence-electron chi connectivity index (χ1n) is 4.29.